The molecule has 4 aliphatic heterocycles. The number of ether oxygens (including phenoxy) is 1. The number of rotatable bonds is 7. The van der Waals surface area contributed by atoms with Gasteiger partial charge in [0, 0.05) is 59.9 Å². The number of nitrogen functional groups attached to an aromatic ring is 1. The van der Waals surface area contributed by atoms with E-state index in [-0.39, 0.29) is 60.1 Å². The van der Waals surface area contributed by atoms with Crippen molar-refractivity contribution in [2.24, 2.45) is 5.41 Å². The Kier molecular flexibility index (Phi) is 8.92. The Bertz CT molecular complexity index is 2320. The number of amides is 1. The van der Waals surface area contributed by atoms with Gasteiger partial charge in [-0.05, 0) is 56.8 Å². The number of thiophene rings is 1. The van der Waals surface area contributed by atoms with E-state index in [0.29, 0.717) is 43.2 Å². The quantitative estimate of drug-likeness (QED) is 0.186. The Morgan fingerprint density at radius 1 is 1.12 bits per heavy atom. The van der Waals surface area contributed by atoms with Crippen LogP contribution in [-0.4, -0.2) is 82.3 Å². The number of carbonyl (C=O) groups excluding carboxylic acids is 1. The summed E-state index contributed by atoms with van der Waals surface area (Å²) in [5, 5.41) is 8.57. The molecule has 0 bridgehead atoms. The van der Waals surface area contributed by atoms with E-state index in [9.17, 15) is 14.4 Å². The molecule has 2 aromatic carbocycles. The molecule has 18 heteroatoms. The second-order valence-electron chi connectivity index (χ2n) is 15.9. The van der Waals surface area contributed by atoms with Gasteiger partial charge in [-0.25, -0.2) is 8.78 Å². The molecule has 298 valence electrons. The summed E-state index contributed by atoms with van der Waals surface area (Å²) in [6, 6.07) is 2.51. The Labute approximate surface area is 320 Å². The van der Waals surface area contributed by atoms with E-state index in [4.69, 9.17) is 10.5 Å². The smallest absolute Gasteiger partial charge is 0.419 e. The summed E-state index contributed by atoms with van der Waals surface area (Å²) in [7, 11) is 0. The van der Waals surface area contributed by atoms with Crippen LogP contribution >= 0.6 is 11.3 Å². The summed E-state index contributed by atoms with van der Waals surface area (Å²) in [4.78, 5) is 27.2. The van der Waals surface area contributed by atoms with Crippen LogP contribution in [0.2, 0.25) is 0 Å². The Morgan fingerprint density at radius 3 is 2.54 bits per heavy atom. The molecule has 4 aromatic rings. The topological polar surface area (TPSA) is 112 Å². The third-order valence-electron chi connectivity index (χ3n) is 12.0. The molecule has 4 atom stereocenters. The van der Waals surface area contributed by atoms with Crippen LogP contribution in [-0.2, 0) is 17.1 Å². The minimum absolute atomic E-state index is 0.0817. The molecule has 1 amide bonds. The summed E-state index contributed by atoms with van der Waals surface area (Å²) in [5.41, 5.74) is -2.39. The zero-order valence-corrected chi connectivity index (χ0v) is 31.4. The van der Waals surface area contributed by atoms with Gasteiger partial charge in [-0.2, -0.15) is 41.6 Å². The van der Waals surface area contributed by atoms with Crippen molar-refractivity contribution < 1.29 is 44.7 Å². The maximum Gasteiger partial charge on any atom is 0.419 e. The summed E-state index contributed by atoms with van der Waals surface area (Å²) in [6.07, 6.45) is -9.74. The molecular formula is C38H37F8N7O2S. The molecule has 0 saturated carbocycles. The molecule has 0 aliphatic carbocycles. The predicted molar refractivity (Wildman–Crippen MR) is 193 cm³/mol. The van der Waals surface area contributed by atoms with Crippen molar-refractivity contribution in [3.8, 4) is 23.2 Å². The molecule has 0 radical (unpaired) electrons. The van der Waals surface area contributed by atoms with E-state index < -0.39 is 91.5 Å². The lowest BCUT2D eigenvalue weighted by Crippen LogP contribution is -2.43. The number of nitrogens with zero attached hydrogens (tertiary/aromatic N) is 6. The fraction of sp³-hybridized carbons (Fsp3) is 0.526. The van der Waals surface area contributed by atoms with Gasteiger partial charge in [0.15, 0.2) is 0 Å². The van der Waals surface area contributed by atoms with Crippen LogP contribution < -0.4 is 15.4 Å². The molecule has 4 saturated heterocycles. The van der Waals surface area contributed by atoms with Crippen LogP contribution in [0, 0.1) is 22.6 Å². The molecule has 2 aromatic heterocycles. The molecule has 9 nitrogen and oxygen atoms in total. The molecule has 8 rings (SSSR count). The first-order valence-electron chi connectivity index (χ1n) is 18.3. The SMILES string of the molecule is CCN(c1nc(OC[C@@]23CCCN2C[C@H](F)C3)nc2c(C(F)(F)F)c(-c3ccc(F)c4sc(N)c(C#N)c34)c(C(F)(F)F)cc12)[C@H]1C[C@H]2CC(C)(C)C(=O)N2C1. The maximum atomic E-state index is 15.7. The van der Waals surface area contributed by atoms with Crippen LogP contribution in [0.25, 0.3) is 32.1 Å². The second kappa shape index (κ2) is 13.0. The highest BCUT2D eigenvalue weighted by atomic mass is 32.1. The van der Waals surface area contributed by atoms with E-state index in [2.05, 4.69) is 9.97 Å². The second-order valence-corrected chi connectivity index (χ2v) is 16.9. The first-order chi connectivity index (χ1) is 26.3. The standard InChI is InChI=1S/C38H37F8N7O2S/c1-4-52(20-10-19-13-35(2,3)33(54)53(19)16-20)32-22-11-24(37(41,42)43)27(21-6-7-25(40)30-26(21)23(14-47)31(48)56-30)28(38(44,45)46)29(22)49-34(50-32)55-17-36-8-5-9-51(36)15-18(39)12-36/h6-7,11,18-20H,4-5,8-10,12-13,15-17,48H2,1-3H3/t18-,19+,20+,36+/m1/s1. The van der Waals surface area contributed by atoms with Crippen LogP contribution in [0.3, 0.4) is 0 Å². The van der Waals surface area contributed by atoms with Gasteiger partial charge in [0.1, 0.15) is 35.5 Å². The molecule has 4 aliphatic rings. The number of anilines is 2. The van der Waals surface area contributed by atoms with Crippen LogP contribution in [0.5, 0.6) is 6.01 Å². The van der Waals surface area contributed by atoms with Crippen molar-refractivity contribution in [1.82, 2.24) is 19.8 Å². The summed E-state index contributed by atoms with van der Waals surface area (Å²) in [5.74, 6) is -1.34. The number of hydrogen-bond donors (Lipinski definition) is 1. The molecule has 56 heavy (non-hydrogen) atoms. The fourth-order valence-electron chi connectivity index (χ4n) is 9.66. The van der Waals surface area contributed by atoms with E-state index in [0.717, 1.165) is 18.6 Å². The third kappa shape index (κ3) is 5.98. The highest BCUT2D eigenvalue weighted by molar-refractivity contribution is 7.23. The number of nitrogens with two attached hydrogens (primary N) is 1. The van der Waals surface area contributed by atoms with Crippen LogP contribution in [0.1, 0.15) is 69.6 Å². The van der Waals surface area contributed by atoms with E-state index >= 15 is 30.7 Å². The van der Waals surface area contributed by atoms with Crippen molar-refractivity contribution in [3.63, 3.8) is 0 Å². The van der Waals surface area contributed by atoms with Crippen molar-refractivity contribution in [3.05, 3.63) is 40.7 Å². The Hall–Kier alpha value is -4.50. The van der Waals surface area contributed by atoms with Gasteiger partial charge in [-0.1, -0.05) is 19.9 Å². The van der Waals surface area contributed by atoms with Gasteiger partial charge in [0.25, 0.3) is 0 Å². The van der Waals surface area contributed by atoms with Gasteiger partial charge < -0.3 is 20.3 Å². The minimum Gasteiger partial charge on any atom is -0.461 e. The number of fused-ring (bicyclic) bond motifs is 4. The number of carbonyl (C=O) groups is 1. The molecular weight excluding hydrogens is 771 g/mol. The highest BCUT2D eigenvalue weighted by Gasteiger charge is 2.52. The number of nitriles is 1. The number of benzene rings is 2. The number of aromatic nitrogens is 2. The van der Waals surface area contributed by atoms with Crippen molar-refractivity contribution in [2.45, 2.75) is 89.0 Å². The molecule has 0 unspecified atom stereocenters. The predicted octanol–water partition coefficient (Wildman–Crippen LogP) is 8.32. The molecule has 0 spiro atoms. The monoisotopic (exact) mass is 807 g/mol. The summed E-state index contributed by atoms with van der Waals surface area (Å²) >= 11 is 0.534. The van der Waals surface area contributed by atoms with Gasteiger partial charge in [-0.15, -0.1) is 11.3 Å². The van der Waals surface area contributed by atoms with Gasteiger partial charge in [0.2, 0.25) is 5.91 Å². The van der Waals surface area contributed by atoms with Crippen molar-refractivity contribution in [1.29, 1.82) is 5.26 Å². The van der Waals surface area contributed by atoms with Gasteiger partial charge in [0.05, 0.1) is 32.4 Å². The van der Waals surface area contributed by atoms with E-state index in [1.165, 1.54) is 0 Å². The minimum atomic E-state index is -5.51. The first kappa shape index (κ1) is 38.4. The zero-order valence-electron chi connectivity index (χ0n) is 30.5. The lowest BCUT2D eigenvalue weighted by molar-refractivity contribution is -0.141. The van der Waals surface area contributed by atoms with Crippen LogP contribution in [0.15, 0.2) is 18.2 Å². The van der Waals surface area contributed by atoms with Crippen molar-refractivity contribution >= 4 is 49.1 Å². The fourth-order valence-corrected chi connectivity index (χ4v) is 10.6. The van der Waals surface area contributed by atoms with Gasteiger partial charge in [-0.3, -0.25) is 9.69 Å². The van der Waals surface area contributed by atoms with Crippen LogP contribution in [0.4, 0.5) is 45.9 Å². The average Bonchev–Trinajstić information content (AvgIpc) is 3.89. The number of alkyl halides is 7. The first-order valence-corrected chi connectivity index (χ1v) is 19.1. The van der Waals surface area contributed by atoms with Gasteiger partial charge >= 0.3 is 18.4 Å². The number of likely N-dealkylation sites (N-methyl/N-ethyl adjacent to an activating group) is 1. The average molecular weight is 808 g/mol. The number of hydrogen-bond acceptors (Lipinski definition) is 9. The molecule has 2 N–H and O–H groups in total. The summed E-state index contributed by atoms with van der Waals surface area (Å²) in [6.45, 7) is 6.17. The third-order valence-corrected chi connectivity index (χ3v) is 13.0. The highest BCUT2D eigenvalue weighted by Crippen LogP contribution is 2.53. The Balaban J connectivity index is 1.39. The largest absolute Gasteiger partial charge is 0.461 e. The molecule has 6 heterocycles. The Morgan fingerprint density at radius 2 is 1.88 bits per heavy atom. The summed E-state index contributed by atoms with van der Waals surface area (Å²) < 4.78 is 129. The zero-order chi connectivity index (χ0) is 40.3. The number of halogens is 8. The lowest BCUT2D eigenvalue weighted by Gasteiger charge is -2.33. The normalized spacial score (nSPS) is 25.0. The lowest BCUT2D eigenvalue weighted by atomic mass is 9.87. The van der Waals surface area contributed by atoms with E-state index in [1.54, 1.807) is 22.8 Å². The van der Waals surface area contributed by atoms with Crippen molar-refractivity contribution in [2.75, 3.05) is 43.4 Å². The maximum absolute atomic E-state index is 15.7. The van der Waals surface area contributed by atoms with E-state index in [1.807, 2.05) is 18.7 Å². The molecule has 4 fully saturated rings.